The van der Waals surface area contributed by atoms with E-state index in [4.69, 9.17) is 11.0 Å². The van der Waals surface area contributed by atoms with Crippen LogP contribution >= 0.6 is 0 Å². The summed E-state index contributed by atoms with van der Waals surface area (Å²) in [6, 6.07) is 3.40. The van der Waals surface area contributed by atoms with Gasteiger partial charge < -0.3 is 5.73 Å². The molecule has 0 bridgehead atoms. The maximum Gasteiger partial charge on any atom is 0.419 e. The van der Waals surface area contributed by atoms with Crippen molar-refractivity contribution in [2.24, 2.45) is 5.73 Å². The average molecular weight is 232 g/mol. The molecule has 2 N–H and O–H groups in total. The highest BCUT2D eigenvalue weighted by Crippen LogP contribution is 2.32. The fourth-order valence-corrected chi connectivity index (χ4v) is 1.21. The second-order valence-corrected chi connectivity index (χ2v) is 3.21. The van der Waals surface area contributed by atoms with E-state index in [9.17, 15) is 17.6 Å². The van der Waals surface area contributed by atoms with E-state index < -0.39 is 23.6 Å². The summed E-state index contributed by atoms with van der Waals surface area (Å²) in [5.41, 5.74) is 4.30. The van der Waals surface area contributed by atoms with E-state index in [0.717, 1.165) is 6.07 Å². The van der Waals surface area contributed by atoms with E-state index in [2.05, 4.69) is 0 Å². The van der Waals surface area contributed by atoms with E-state index in [1.807, 2.05) is 0 Å². The zero-order chi connectivity index (χ0) is 12.3. The first-order valence-corrected chi connectivity index (χ1v) is 4.35. The minimum Gasteiger partial charge on any atom is -0.323 e. The number of nitrogens with zero attached hydrogens (tertiary/aromatic N) is 1. The number of alkyl halides is 3. The van der Waals surface area contributed by atoms with Crippen molar-refractivity contribution in [2.45, 2.75) is 18.6 Å². The van der Waals surface area contributed by atoms with Gasteiger partial charge in [0.05, 0.1) is 18.1 Å². The van der Waals surface area contributed by atoms with E-state index in [1.54, 1.807) is 6.07 Å². The predicted molar refractivity (Wildman–Crippen MR) is 48.6 cm³/mol. The number of benzene rings is 1. The standard InChI is InChI=1S/C10H8F4N2/c11-8-5-6(9(16)3-4-15)1-2-7(8)10(12,13)14/h1-2,5,9H,3,16H2/t9-/m1/s1. The maximum atomic E-state index is 13.1. The van der Waals surface area contributed by atoms with Crippen LogP contribution in [-0.4, -0.2) is 0 Å². The van der Waals surface area contributed by atoms with Gasteiger partial charge >= 0.3 is 6.18 Å². The third kappa shape index (κ3) is 2.70. The molecule has 0 aliphatic rings. The summed E-state index contributed by atoms with van der Waals surface area (Å²) in [6.45, 7) is 0. The largest absolute Gasteiger partial charge is 0.419 e. The summed E-state index contributed by atoms with van der Waals surface area (Å²) in [7, 11) is 0. The lowest BCUT2D eigenvalue weighted by atomic mass is 10.0. The Bertz CT molecular complexity index is 420. The molecule has 0 aliphatic carbocycles. The van der Waals surface area contributed by atoms with Crippen LogP contribution in [-0.2, 0) is 6.18 Å². The molecule has 0 saturated heterocycles. The van der Waals surface area contributed by atoms with Crippen molar-refractivity contribution in [1.29, 1.82) is 5.26 Å². The molecule has 0 radical (unpaired) electrons. The summed E-state index contributed by atoms with van der Waals surface area (Å²) in [5, 5.41) is 8.35. The average Bonchev–Trinajstić information content (AvgIpc) is 2.16. The van der Waals surface area contributed by atoms with Gasteiger partial charge in [0.15, 0.2) is 0 Å². The van der Waals surface area contributed by atoms with Gasteiger partial charge in [0.25, 0.3) is 0 Å². The van der Waals surface area contributed by atoms with Crippen molar-refractivity contribution in [3.05, 3.63) is 35.1 Å². The van der Waals surface area contributed by atoms with E-state index in [1.165, 1.54) is 0 Å². The first-order valence-electron chi connectivity index (χ1n) is 4.35. The lowest BCUT2D eigenvalue weighted by molar-refractivity contribution is -0.140. The molecule has 0 saturated carbocycles. The fourth-order valence-electron chi connectivity index (χ4n) is 1.21. The molecule has 0 unspecified atom stereocenters. The van der Waals surface area contributed by atoms with Crippen LogP contribution in [0.15, 0.2) is 18.2 Å². The summed E-state index contributed by atoms with van der Waals surface area (Å²) < 4.78 is 49.7. The van der Waals surface area contributed by atoms with Gasteiger partial charge in [-0.15, -0.1) is 0 Å². The minimum atomic E-state index is -4.72. The summed E-state index contributed by atoms with van der Waals surface area (Å²) in [4.78, 5) is 0. The Morgan fingerprint density at radius 1 is 1.38 bits per heavy atom. The number of nitrogens with two attached hydrogens (primary N) is 1. The molecule has 16 heavy (non-hydrogen) atoms. The summed E-state index contributed by atoms with van der Waals surface area (Å²) in [5.74, 6) is -1.38. The van der Waals surface area contributed by atoms with Crippen LogP contribution in [0.3, 0.4) is 0 Å². The molecule has 2 nitrogen and oxygen atoms in total. The predicted octanol–water partition coefficient (Wildman–Crippen LogP) is 2.76. The number of rotatable bonds is 2. The van der Waals surface area contributed by atoms with E-state index in [-0.39, 0.29) is 12.0 Å². The molecule has 0 amide bonds. The zero-order valence-corrected chi connectivity index (χ0v) is 8.05. The Hall–Kier alpha value is -1.61. The van der Waals surface area contributed by atoms with Crippen LogP contribution in [0.4, 0.5) is 17.6 Å². The Morgan fingerprint density at radius 3 is 2.44 bits per heavy atom. The van der Waals surface area contributed by atoms with Gasteiger partial charge in [-0.25, -0.2) is 4.39 Å². The lowest BCUT2D eigenvalue weighted by Gasteiger charge is -2.12. The molecule has 0 spiro atoms. The molecule has 1 atom stereocenters. The second kappa shape index (κ2) is 4.49. The second-order valence-electron chi connectivity index (χ2n) is 3.21. The van der Waals surface area contributed by atoms with Gasteiger partial charge in [-0.2, -0.15) is 18.4 Å². The van der Waals surface area contributed by atoms with E-state index >= 15 is 0 Å². The van der Waals surface area contributed by atoms with Crippen molar-refractivity contribution in [2.75, 3.05) is 0 Å². The Balaban J connectivity index is 3.05. The van der Waals surface area contributed by atoms with Gasteiger partial charge in [0, 0.05) is 6.04 Å². The topological polar surface area (TPSA) is 49.8 Å². The normalized spacial score (nSPS) is 13.2. The Kier molecular flexibility index (Phi) is 3.50. The summed E-state index contributed by atoms with van der Waals surface area (Å²) >= 11 is 0. The van der Waals surface area contributed by atoms with Gasteiger partial charge in [0.1, 0.15) is 5.82 Å². The molecular formula is C10H8F4N2. The zero-order valence-electron chi connectivity index (χ0n) is 8.05. The summed E-state index contributed by atoms with van der Waals surface area (Å²) in [6.07, 6.45) is -4.80. The van der Waals surface area contributed by atoms with Crippen molar-refractivity contribution in [3.63, 3.8) is 0 Å². The van der Waals surface area contributed by atoms with Gasteiger partial charge in [-0.05, 0) is 17.7 Å². The molecule has 0 heterocycles. The highest BCUT2D eigenvalue weighted by Gasteiger charge is 2.34. The Morgan fingerprint density at radius 2 is 2.00 bits per heavy atom. The number of halogens is 4. The van der Waals surface area contributed by atoms with Gasteiger partial charge in [-0.1, -0.05) is 6.07 Å². The molecule has 1 aromatic rings. The minimum absolute atomic E-state index is 0.0786. The molecule has 6 heteroatoms. The fraction of sp³-hybridized carbons (Fsp3) is 0.300. The van der Waals surface area contributed by atoms with Crippen LogP contribution < -0.4 is 5.73 Å². The smallest absolute Gasteiger partial charge is 0.323 e. The van der Waals surface area contributed by atoms with Crippen molar-refractivity contribution < 1.29 is 17.6 Å². The van der Waals surface area contributed by atoms with Crippen molar-refractivity contribution in [1.82, 2.24) is 0 Å². The van der Waals surface area contributed by atoms with Crippen LogP contribution in [0, 0.1) is 17.1 Å². The number of hydrogen-bond acceptors (Lipinski definition) is 2. The molecule has 0 fully saturated rings. The molecule has 1 rings (SSSR count). The third-order valence-electron chi connectivity index (χ3n) is 2.04. The Labute approximate surface area is 89.3 Å². The molecule has 0 aromatic heterocycles. The SMILES string of the molecule is N#CC[C@@H](N)c1ccc(C(F)(F)F)c(F)c1. The molecule has 1 aromatic carbocycles. The highest BCUT2D eigenvalue weighted by molar-refractivity contribution is 5.28. The highest BCUT2D eigenvalue weighted by atomic mass is 19.4. The van der Waals surface area contributed by atoms with Gasteiger partial charge in [-0.3, -0.25) is 0 Å². The molecule has 86 valence electrons. The quantitative estimate of drug-likeness (QED) is 0.797. The third-order valence-corrected chi connectivity index (χ3v) is 2.04. The first kappa shape index (κ1) is 12.5. The monoisotopic (exact) mass is 232 g/mol. The van der Waals surface area contributed by atoms with Crippen molar-refractivity contribution >= 4 is 0 Å². The number of hydrogen-bond donors (Lipinski definition) is 1. The van der Waals surface area contributed by atoms with Gasteiger partial charge in [0.2, 0.25) is 0 Å². The first-order chi connectivity index (χ1) is 7.36. The number of nitriles is 1. The van der Waals surface area contributed by atoms with Crippen LogP contribution in [0.2, 0.25) is 0 Å². The van der Waals surface area contributed by atoms with Crippen LogP contribution in [0.1, 0.15) is 23.6 Å². The van der Waals surface area contributed by atoms with Crippen molar-refractivity contribution in [3.8, 4) is 6.07 Å². The van der Waals surface area contributed by atoms with E-state index in [0.29, 0.717) is 12.1 Å². The van der Waals surface area contributed by atoms with Crippen LogP contribution in [0.25, 0.3) is 0 Å². The molecule has 0 aliphatic heterocycles. The maximum absolute atomic E-state index is 13.1. The lowest BCUT2D eigenvalue weighted by Crippen LogP contribution is -2.12. The molecular weight excluding hydrogens is 224 g/mol. The van der Waals surface area contributed by atoms with Crippen LogP contribution in [0.5, 0.6) is 0 Å².